The van der Waals surface area contributed by atoms with Crippen LogP contribution in [0.15, 0.2) is 47.1 Å². The molecule has 0 saturated carbocycles. The summed E-state index contributed by atoms with van der Waals surface area (Å²) in [5, 5.41) is 3.09. The number of ether oxygens (including phenoxy) is 1. The van der Waals surface area contributed by atoms with Gasteiger partial charge in [-0.2, -0.15) is 0 Å². The van der Waals surface area contributed by atoms with Crippen LogP contribution in [0.1, 0.15) is 16.9 Å². The lowest BCUT2D eigenvalue weighted by Gasteiger charge is -2.02. The lowest BCUT2D eigenvalue weighted by Crippen LogP contribution is -2.03. The van der Waals surface area contributed by atoms with Crippen LogP contribution in [0.25, 0.3) is 0 Å². The minimum atomic E-state index is 0.538. The maximum atomic E-state index is 5.60. The first kappa shape index (κ1) is 12.9. The second-order valence-corrected chi connectivity index (χ2v) is 4.24. The summed E-state index contributed by atoms with van der Waals surface area (Å²) in [5.74, 6) is 0.883. The second kappa shape index (κ2) is 6.99. The van der Waals surface area contributed by atoms with Gasteiger partial charge in [0.25, 0.3) is 0 Å². The van der Waals surface area contributed by atoms with Gasteiger partial charge in [-0.15, -0.1) is 0 Å². The molecule has 3 nitrogen and oxygen atoms in total. The van der Waals surface area contributed by atoms with Gasteiger partial charge in [0.1, 0.15) is 12.4 Å². The van der Waals surface area contributed by atoms with Crippen molar-refractivity contribution in [2.24, 2.45) is 0 Å². The van der Waals surface area contributed by atoms with Crippen LogP contribution in [-0.2, 0) is 24.3 Å². The van der Waals surface area contributed by atoms with E-state index in [1.807, 2.05) is 31.3 Å². The molecular weight excluding hydrogens is 226 g/mol. The maximum absolute atomic E-state index is 5.60. The zero-order valence-corrected chi connectivity index (χ0v) is 10.7. The fourth-order valence-electron chi connectivity index (χ4n) is 1.81. The minimum absolute atomic E-state index is 0.538. The van der Waals surface area contributed by atoms with Crippen LogP contribution < -0.4 is 5.32 Å². The number of furan rings is 1. The van der Waals surface area contributed by atoms with E-state index in [0.29, 0.717) is 13.2 Å². The molecule has 3 heteroatoms. The van der Waals surface area contributed by atoms with E-state index in [1.54, 1.807) is 6.26 Å². The summed E-state index contributed by atoms with van der Waals surface area (Å²) in [5.41, 5.74) is 2.45. The number of nitrogens with one attached hydrogen (secondary N) is 1. The van der Waals surface area contributed by atoms with E-state index >= 15 is 0 Å². The van der Waals surface area contributed by atoms with Crippen molar-refractivity contribution in [3.8, 4) is 0 Å². The summed E-state index contributed by atoms with van der Waals surface area (Å²) in [4.78, 5) is 0. The molecule has 2 rings (SSSR count). The van der Waals surface area contributed by atoms with Crippen LogP contribution in [0.4, 0.5) is 0 Å². The van der Waals surface area contributed by atoms with E-state index in [0.717, 1.165) is 24.3 Å². The molecule has 0 atom stereocenters. The van der Waals surface area contributed by atoms with Crippen molar-refractivity contribution in [3.63, 3.8) is 0 Å². The molecule has 0 saturated heterocycles. The standard InChI is InChI=1S/C15H19NO2/c1-16-10-14-9-15(18-11-14)12-17-8-7-13-5-3-2-4-6-13/h2-6,9,11,16H,7-8,10,12H2,1H3. The Balaban J connectivity index is 1.68. The first-order valence-electron chi connectivity index (χ1n) is 6.21. The highest BCUT2D eigenvalue weighted by atomic mass is 16.5. The fraction of sp³-hybridized carbons (Fsp3) is 0.333. The van der Waals surface area contributed by atoms with Crippen molar-refractivity contribution in [2.75, 3.05) is 13.7 Å². The van der Waals surface area contributed by atoms with E-state index < -0.39 is 0 Å². The van der Waals surface area contributed by atoms with Gasteiger partial charge in [0.05, 0.1) is 12.9 Å². The molecule has 96 valence electrons. The molecule has 0 aliphatic rings. The molecule has 0 aliphatic heterocycles. The first-order valence-corrected chi connectivity index (χ1v) is 6.21. The highest BCUT2D eigenvalue weighted by Crippen LogP contribution is 2.09. The first-order chi connectivity index (χ1) is 8.88. The Kier molecular flexibility index (Phi) is 5.00. The molecule has 0 fully saturated rings. The molecule has 0 spiro atoms. The SMILES string of the molecule is CNCc1coc(COCCc2ccccc2)c1. The van der Waals surface area contributed by atoms with Crippen LogP contribution in [0.5, 0.6) is 0 Å². The van der Waals surface area contributed by atoms with Gasteiger partial charge in [-0.1, -0.05) is 30.3 Å². The Morgan fingerprint density at radius 3 is 2.78 bits per heavy atom. The van der Waals surface area contributed by atoms with E-state index in [-0.39, 0.29) is 0 Å². The minimum Gasteiger partial charge on any atom is -0.467 e. The van der Waals surface area contributed by atoms with Crippen molar-refractivity contribution >= 4 is 0 Å². The lowest BCUT2D eigenvalue weighted by atomic mass is 10.2. The molecule has 0 radical (unpaired) electrons. The van der Waals surface area contributed by atoms with Gasteiger partial charge in [-0.25, -0.2) is 0 Å². The Bertz CT molecular complexity index is 451. The maximum Gasteiger partial charge on any atom is 0.129 e. The van der Waals surface area contributed by atoms with Gasteiger partial charge in [0.2, 0.25) is 0 Å². The van der Waals surface area contributed by atoms with Crippen LogP contribution >= 0.6 is 0 Å². The van der Waals surface area contributed by atoms with Gasteiger partial charge in [-0.05, 0) is 25.1 Å². The molecular formula is C15H19NO2. The highest BCUT2D eigenvalue weighted by molar-refractivity contribution is 5.14. The van der Waals surface area contributed by atoms with E-state index in [9.17, 15) is 0 Å². The summed E-state index contributed by atoms with van der Waals surface area (Å²) in [6, 6.07) is 12.4. The molecule has 0 bridgehead atoms. The Labute approximate surface area is 108 Å². The Morgan fingerprint density at radius 1 is 1.17 bits per heavy atom. The number of hydrogen-bond acceptors (Lipinski definition) is 3. The Morgan fingerprint density at radius 2 is 2.00 bits per heavy atom. The molecule has 0 unspecified atom stereocenters. The van der Waals surface area contributed by atoms with Crippen LogP contribution in [0.3, 0.4) is 0 Å². The number of benzene rings is 1. The van der Waals surface area contributed by atoms with Crippen molar-refractivity contribution in [1.29, 1.82) is 0 Å². The molecule has 1 aromatic carbocycles. The molecule has 18 heavy (non-hydrogen) atoms. The predicted molar refractivity (Wildman–Crippen MR) is 71.3 cm³/mol. The third kappa shape index (κ3) is 4.02. The summed E-state index contributed by atoms with van der Waals surface area (Å²) in [6.45, 7) is 2.08. The number of rotatable bonds is 7. The van der Waals surface area contributed by atoms with Gasteiger partial charge in [-0.3, -0.25) is 0 Å². The number of hydrogen-bond donors (Lipinski definition) is 1. The molecule has 1 N–H and O–H groups in total. The normalized spacial score (nSPS) is 10.7. The van der Waals surface area contributed by atoms with E-state index in [4.69, 9.17) is 9.15 Å². The van der Waals surface area contributed by atoms with Gasteiger partial charge < -0.3 is 14.5 Å². The highest BCUT2D eigenvalue weighted by Gasteiger charge is 2.01. The summed E-state index contributed by atoms with van der Waals surface area (Å²) >= 11 is 0. The van der Waals surface area contributed by atoms with Gasteiger partial charge in [0.15, 0.2) is 0 Å². The van der Waals surface area contributed by atoms with E-state index in [1.165, 1.54) is 5.56 Å². The average Bonchev–Trinajstić information content (AvgIpc) is 2.84. The third-order valence-electron chi connectivity index (χ3n) is 2.71. The average molecular weight is 245 g/mol. The largest absolute Gasteiger partial charge is 0.467 e. The smallest absolute Gasteiger partial charge is 0.129 e. The van der Waals surface area contributed by atoms with Crippen molar-refractivity contribution in [2.45, 2.75) is 19.6 Å². The monoisotopic (exact) mass is 245 g/mol. The Hall–Kier alpha value is -1.58. The predicted octanol–water partition coefficient (Wildman–Crippen LogP) is 2.76. The zero-order chi connectivity index (χ0) is 12.6. The molecule has 2 aromatic rings. The summed E-state index contributed by atoms with van der Waals surface area (Å²) in [6.07, 6.45) is 2.71. The van der Waals surface area contributed by atoms with Crippen LogP contribution in [0.2, 0.25) is 0 Å². The van der Waals surface area contributed by atoms with Crippen molar-refractivity contribution in [1.82, 2.24) is 5.32 Å². The van der Waals surface area contributed by atoms with Gasteiger partial charge >= 0.3 is 0 Å². The molecule has 0 amide bonds. The van der Waals surface area contributed by atoms with Crippen LogP contribution in [-0.4, -0.2) is 13.7 Å². The fourth-order valence-corrected chi connectivity index (χ4v) is 1.81. The van der Waals surface area contributed by atoms with Crippen LogP contribution in [0, 0.1) is 0 Å². The lowest BCUT2D eigenvalue weighted by molar-refractivity contribution is 0.109. The summed E-state index contributed by atoms with van der Waals surface area (Å²) < 4.78 is 11.0. The third-order valence-corrected chi connectivity index (χ3v) is 2.71. The van der Waals surface area contributed by atoms with Gasteiger partial charge in [0, 0.05) is 12.1 Å². The topological polar surface area (TPSA) is 34.4 Å². The zero-order valence-electron chi connectivity index (χ0n) is 10.7. The molecule has 1 heterocycles. The molecule has 1 aromatic heterocycles. The molecule has 0 aliphatic carbocycles. The van der Waals surface area contributed by atoms with Crippen molar-refractivity contribution in [3.05, 3.63) is 59.5 Å². The van der Waals surface area contributed by atoms with Crippen molar-refractivity contribution < 1.29 is 9.15 Å². The van der Waals surface area contributed by atoms with E-state index in [2.05, 4.69) is 17.4 Å². The quantitative estimate of drug-likeness (QED) is 0.762. The summed E-state index contributed by atoms with van der Waals surface area (Å²) in [7, 11) is 1.92. The second-order valence-electron chi connectivity index (χ2n) is 4.24.